The number of ether oxygens (including phenoxy) is 2. The van der Waals surface area contributed by atoms with Gasteiger partial charge in [0.2, 0.25) is 0 Å². The number of aromatic carboxylic acids is 1. The van der Waals surface area contributed by atoms with Crippen LogP contribution in [-0.4, -0.2) is 47.1 Å². The zero-order chi connectivity index (χ0) is 18.4. The van der Waals surface area contributed by atoms with Crippen molar-refractivity contribution in [2.24, 2.45) is 7.05 Å². The van der Waals surface area contributed by atoms with Crippen molar-refractivity contribution in [3.8, 4) is 5.75 Å². The second kappa shape index (κ2) is 8.50. The molecule has 0 aliphatic rings. The molecule has 9 heteroatoms. The average molecular weight is 368 g/mol. The summed E-state index contributed by atoms with van der Waals surface area (Å²) in [6.07, 6.45) is 1.40. The highest BCUT2D eigenvalue weighted by atomic mass is 35.5. The summed E-state index contributed by atoms with van der Waals surface area (Å²) >= 11 is 6.12. The molecule has 2 aromatic rings. The summed E-state index contributed by atoms with van der Waals surface area (Å²) in [5.41, 5.74) is 0.689. The molecule has 2 rings (SSSR count). The third-order valence-electron chi connectivity index (χ3n) is 3.40. The number of aromatic nitrogens is 2. The lowest BCUT2D eigenvalue weighted by molar-refractivity contribution is 0.0682. The van der Waals surface area contributed by atoms with E-state index in [9.17, 15) is 9.59 Å². The van der Waals surface area contributed by atoms with Crippen LogP contribution in [0.1, 0.15) is 26.4 Å². The van der Waals surface area contributed by atoms with E-state index < -0.39 is 11.9 Å². The standard InChI is InChI=1S/C16H18ClN3O5/c1-20-14(16(22)23)10(9-19-20)8-18-15(21)12-4-3-11(7-13(12)17)25-6-5-24-2/h3-4,7,9H,5-6,8H2,1-2H3,(H,18,21)(H,22,23). The minimum absolute atomic E-state index is 0.0216. The monoisotopic (exact) mass is 367 g/mol. The van der Waals surface area contributed by atoms with Gasteiger partial charge in [-0.1, -0.05) is 11.6 Å². The second-order valence-electron chi connectivity index (χ2n) is 5.11. The molecule has 1 amide bonds. The van der Waals surface area contributed by atoms with Crippen molar-refractivity contribution in [1.29, 1.82) is 0 Å². The van der Waals surface area contributed by atoms with Crippen LogP contribution < -0.4 is 10.1 Å². The number of nitrogens with one attached hydrogen (secondary N) is 1. The number of carboxylic acids is 1. The first-order valence-corrected chi connectivity index (χ1v) is 7.75. The van der Waals surface area contributed by atoms with Gasteiger partial charge in [-0.15, -0.1) is 0 Å². The first-order valence-electron chi connectivity index (χ1n) is 7.37. The lowest BCUT2D eigenvalue weighted by atomic mass is 10.2. The minimum atomic E-state index is -1.11. The van der Waals surface area contributed by atoms with Gasteiger partial charge in [0.15, 0.2) is 5.69 Å². The quantitative estimate of drug-likeness (QED) is 0.689. The van der Waals surface area contributed by atoms with Gasteiger partial charge in [0.05, 0.1) is 23.4 Å². The largest absolute Gasteiger partial charge is 0.491 e. The van der Waals surface area contributed by atoms with Crippen LogP contribution >= 0.6 is 11.6 Å². The first kappa shape index (κ1) is 18.8. The van der Waals surface area contributed by atoms with E-state index in [1.807, 2.05) is 0 Å². The van der Waals surface area contributed by atoms with Crippen molar-refractivity contribution >= 4 is 23.5 Å². The van der Waals surface area contributed by atoms with Crippen molar-refractivity contribution < 1.29 is 24.2 Å². The number of hydrogen-bond acceptors (Lipinski definition) is 5. The number of nitrogens with zero attached hydrogens (tertiary/aromatic N) is 2. The van der Waals surface area contributed by atoms with Crippen molar-refractivity contribution in [3.63, 3.8) is 0 Å². The Morgan fingerprint density at radius 1 is 1.36 bits per heavy atom. The van der Waals surface area contributed by atoms with Gasteiger partial charge in [0, 0.05) is 26.3 Å². The van der Waals surface area contributed by atoms with Crippen LogP contribution in [0.5, 0.6) is 5.75 Å². The van der Waals surface area contributed by atoms with Gasteiger partial charge in [-0.25, -0.2) is 4.79 Å². The molecule has 0 bridgehead atoms. The van der Waals surface area contributed by atoms with E-state index in [0.717, 1.165) is 0 Å². The number of rotatable bonds is 8. The molecule has 0 atom stereocenters. The molecule has 0 radical (unpaired) electrons. The Kier molecular flexibility index (Phi) is 6.37. The number of carbonyl (C=O) groups is 2. The number of carboxylic acid groups (broad SMARTS) is 1. The van der Waals surface area contributed by atoms with Crippen LogP contribution in [0.4, 0.5) is 0 Å². The van der Waals surface area contributed by atoms with Crippen LogP contribution in [0.3, 0.4) is 0 Å². The van der Waals surface area contributed by atoms with E-state index in [0.29, 0.717) is 24.5 Å². The van der Waals surface area contributed by atoms with Crippen LogP contribution in [0.25, 0.3) is 0 Å². The highest BCUT2D eigenvalue weighted by molar-refractivity contribution is 6.34. The fourth-order valence-electron chi connectivity index (χ4n) is 2.17. The van der Waals surface area contributed by atoms with Crippen LogP contribution in [0.15, 0.2) is 24.4 Å². The summed E-state index contributed by atoms with van der Waals surface area (Å²) in [7, 11) is 3.09. The van der Waals surface area contributed by atoms with E-state index in [2.05, 4.69) is 10.4 Å². The molecule has 0 saturated heterocycles. The number of amides is 1. The van der Waals surface area contributed by atoms with Crippen LogP contribution in [-0.2, 0) is 18.3 Å². The maximum Gasteiger partial charge on any atom is 0.354 e. The molecule has 0 fully saturated rings. The highest BCUT2D eigenvalue weighted by Crippen LogP contribution is 2.22. The predicted molar refractivity (Wildman–Crippen MR) is 90.2 cm³/mol. The summed E-state index contributed by atoms with van der Waals surface area (Å²) in [4.78, 5) is 23.5. The highest BCUT2D eigenvalue weighted by Gasteiger charge is 2.17. The maximum atomic E-state index is 12.3. The molecular formula is C16H18ClN3O5. The number of aryl methyl sites for hydroxylation is 1. The van der Waals surface area contributed by atoms with Crippen LogP contribution in [0, 0.1) is 0 Å². The van der Waals surface area contributed by atoms with E-state index in [4.69, 9.17) is 26.2 Å². The van der Waals surface area contributed by atoms with Crippen molar-refractivity contribution in [2.75, 3.05) is 20.3 Å². The second-order valence-corrected chi connectivity index (χ2v) is 5.52. The van der Waals surface area contributed by atoms with Crippen molar-refractivity contribution in [3.05, 3.63) is 46.2 Å². The molecule has 25 heavy (non-hydrogen) atoms. The lowest BCUT2D eigenvalue weighted by Crippen LogP contribution is -2.24. The molecular weight excluding hydrogens is 350 g/mol. The molecule has 1 heterocycles. The molecule has 1 aromatic heterocycles. The summed E-state index contributed by atoms with van der Waals surface area (Å²) in [5, 5.41) is 15.9. The SMILES string of the molecule is COCCOc1ccc(C(=O)NCc2cnn(C)c2C(=O)O)c(Cl)c1. The zero-order valence-corrected chi connectivity index (χ0v) is 14.5. The Morgan fingerprint density at radius 2 is 2.12 bits per heavy atom. The molecule has 8 nitrogen and oxygen atoms in total. The summed E-state index contributed by atoms with van der Waals surface area (Å²) < 4.78 is 11.5. The van der Waals surface area contributed by atoms with Gasteiger partial charge < -0.3 is 19.9 Å². The number of methoxy groups -OCH3 is 1. The third-order valence-corrected chi connectivity index (χ3v) is 3.71. The molecule has 0 unspecified atom stereocenters. The fraction of sp³-hybridized carbons (Fsp3) is 0.312. The van der Waals surface area contributed by atoms with E-state index >= 15 is 0 Å². The van der Waals surface area contributed by atoms with Gasteiger partial charge in [-0.2, -0.15) is 5.10 Å². The van der Waals surface area contributed by atoms with E-state index in [-0.39, 0.29) is 22.8 Å². The normalized spacial score (nSPS) is 10.5. The van der Waals surface area contributed by atoms with Gasteiger partial charge in [0.25, 0.3) is 5.91 Å². The van der Waals surface area contributed by atoms with Crippen molar-refractivity contribution in [2.45, 2.75) is 6.54 Å². The minimum Gasteiger partial charge on any atom is -0.491 e. The van der Waals surface area contributed by atoms with Gasteiger partial charge in [-0.3, -0.25) is 9.48 Å². The van der Waals surface area contributed by atoms with Crippen LogP contribution in [0.2, 0.25) is 5.02 Å². The van der Waals surface area contributed by atoms with E-state index in [1.54, 1.807) is 25.3 Å². The van der Waals surface area contributed by atoms with Gasteiger partial charge in [0.1, 0.15) is 12.4 Å². The smallest absolute Gasteiger partial charge is 0.354 e. The predicted octanol–water partition coefficient (Wildman–Crippen LogP) is 1.73. The number of carbonyl (C=O) groups excluding carboxylic acids is 1. The number of benzene rings is 1. The van der Waals surface area contributed by atoms with Crippen molar-refractivity contribution in [1.82, 2.24) is 15.1 Å². The number of halogens is 1. The fourth-order valence-corrected chi connectivity index (χ4v) is 2.43. The maximum absolute atomic E-state index is 12.3. The molecule has 1 aromatic carbocycles. The topological polar surface area (TPSA) is 103 Å². The number of hydrogen-bond donors (Lipinski definition) is 2. The summed E-state index contributed by atoms with van der Waals surface area (Å²) in [6, 6.07) is 4.71. The van der Waals surface area contributed by atoms with Gasteiger partial charge >= 0.3 is 5.97 Å². The summed E-state index contributed by atoms with van der Waals surface area (Å²) in [6.45, 7) is 0.838. The summed E-state index contributed by atoms with van der Waals surface area (Å²) in [5.74, 6) is -1.01. The Morgan fingerprint density at radius 3 is 2.76 bits per heavy atom. The molecule has 0 aliphatic heterocycles. The first-order chi connectivity index (χ1) is 11.9. The average Bonchev–Trinajstić information content (AvgIpc) is 2.94. The Bertz CT molecular complexity index is 775. The molecule has 2 N–H and O–H groups in total. The molecule has 134 valence electrons. The lowest BCUT2D eigenvalue weighted by Gasteiger charge is -2.09. The zero-order valence-electron chi connectivity index (χ0n) is 13.8. The Hall–Kier alpha value is -2.58. The molecule has 0 spiro atoms. The molecule has 0 saturated carbocycles. The van der Waals surface area contributed by atoms with E-state index in [1.165, 1.54) is 17.9 Å². The third kappa shape index (κ3) is 4.71. The Labute approximate surface area is 149 Å². The van der Waals surface area contributed by atoms with Gasteiger partial charge in [-0.05, 0) is 18.2 Å². The Balaban J connectivity index is 2.03. The molecule has 0 aliphatic carbocycles.